The summed E-state index contributed by atoms with van der Waals surface area (Å²) < 4.78 is 0. The largest absolute Gasteiger partial charge is 0.320 e. The molecule has 0 aliphatic rings. The van der Waals surface area contributed by atoms with Gasteiger partial charge in [0.15, 0.2) is 0 Å². The van der Waals surface area contributed by atoms with Gasteiger partial charge < -0.3 is 5.32 Å². The summed E-state index contributed by atoms with van der Waals surface area (Å²) in [6.45, 7) is 9.50. The van der Waals surface area contributed by atoms with Crippen LogP contribution in [0.15, 0.2) is 18.2 Å². The molecule has 0 fully saturated rings. The summed E-state index contributed by atoms with van der Waals surface area (Å²) in [4.78, 5) is 0. The van der Waals surface area contributed by atoms with Crippen LogP contribution in [-0.4, -0.2) is 13.6 Å². The zero-order valence-corrected chi connectivity index (χ0v) is 12.9. The molecule has 1 rings (SSSR count). The average molecular weight is 258 g/mol. The van der Waals surface area contributed by atoms with E-state index in [0.29, 0.717) is 5.92 Å². The van der Waals surface area contributed by atoms with Gasteiger partial charge in [-0.1, -0.05) is 32.0 Å². The first-order valence-corrected chi connectivity index (χ1v) is 7.11. The van der Waals surface area contributed by atoms with Gasteiger partial charge >= 0.3 is 0 Å². The van der Waals surface area contributed by atoms with Crippen LogP contribution in [0.25, 0.3) is 0 Å². The van der Waals surface area contributed by atoms with Gasteiger partial charge in [-0.15, -0.1) is 0 Å². The first-order valence-electron chi connectivity index (χ1n) is 7.11. The van der Waals surface area contributed by atoms with E-state index in [1.54, 1.807) is 0 Å². The van der Waals surface area contributed by atoms with Crippen LogP contribution in [0.2, 0.25) is 0 Å². The molecule has 1 aromatic rings. The van der Waals surface area contributed by atoms with Gasteiger partial charge in [0.25, 0.3) is 0 Å². The molecular formula is C17H26N2. The zero-order valence-electron chi connectivity index (χ0n) is 12.9. The van der Waals surface area contributed by atoms with E-state index in [9.17, 15) is 5.26 Å². The summed E-state index contributed by atoms with van der Waals surface area (Å²) in [5.41, 5.74) is 3.36. The summed E-state index contributed by atoms with van der Waals surface area (Å²) in [7, 11) is 1.96. The molecule has 0 aliphatic carbocycles. The van der Waals surface area contributed by atoms with Crippen LogP contribution in [0.3, 0.4) is 0 Å². The van der Waals surface area contributed by atoms with Gasteiger partial charge in [-0.25, -0.2) is 0 Å². The highest BCUT2D eigenvalue weighted by Crippen LogP contribution is 2.37. The van der Waals surface area contributed by atoms with Crippen molar-refractivity contribution in [2.24, 2.45) is 5.92 Å². The summed E-state index contributed by atoms with van der Waals surface area (Å²) in [5, 5.41) is 13.0. The maximum Gasteiger partial charge on any atom is 0.0845 e. The Morgan fingerprint density at radius 2 is 1.95 bits per heavy atom. The van der Waals surface area contributed by atoms with Gasteiger partial charge in [0.2, 0.25) is 0 Å². The van der Waals surface area contributed by atoms with Crippen molar-refractivity contribution in [3.8, 4) is 6.07 Å². The minimum Gasteiger partial charge on any atom is -0.320 e. The maximum absolute atomic E-state index is 9.79. The van der Waals surface area contributed by atoms with Gasteiger partial charge in [-0.2, -0.15) is 5.26 Å². The Hall–Kier alpha value is -1.33. The quantitative estimate of drug-likeness (QED) is 0.789. The first kappa shape index (κ1) is 15.7. The van der Waals surface area contributed by atoms with Crippen LogP contribution >= 0.6 is 0 Å². The molecule has 0 aliphatic heterocycles. The fraction of sp³-hybridized carbons (Fsp3) is 0.588. The van der Waals surface area contributed by atoms with Crippen LogP contribution in [-0.2, 0) is 5.41 Å². The fourth-order valence-corrected chi connectivity index (χ4v) is 2.58. The minimum absolute atomic E-state index is 0.316. The third-order valence-corrected chi connectivity index (χ3v) is 4.21. The van der Waals surface area contributed by atoms with E-state index in [1.807, 2.05) is 7.05 Å². The highest BCUT2D eigenvalue weighted by molar-refractivity contribution is 5.39. The monoisotopic (exact) mass is 258 g/mol. The van der Waals surface area contributed by atoms with Crippen molar-refractivity contribution >= 4 is 0 Å². The van der Waals surface area contributed by atoms with E-state index in [2.05, 4.69) is 57.3 Å². The Balaban J connectivity index is 3.15. The molecule has 2 nitrogen and oxygen atoms in total. The lowest BCUT2D eigenvalue weighted by atomic mass is 9.69. The van der Waals surface area contributed by atoms with Crippen molar-refractivity contribution in [2.45, 2.75) is 46.0 Å². The van der Waals surface area contributed by atoms with Crippen molar-refractivity contribution < 1.29 is 0 Å². The molecule has 104 valence electrons. The number of nitriles is 1. The van der Waals surface area contributed by atoms with Crippen LogP contribution in [0.1, 0.15) is 43.4 Å². The second-order valence-electron chi connectivity index (χ2n) is 5.74. The number of aryl methyl sites for hydroxylation is 2. The number of nitrogens with one attached hydrogen (secondary N) is 1. The lowest BCUT2D eigenvalue weighted by Crippen LogP contribution is -2.31. The van der Waals surface area contributed by atoms with Crippen molar-refractivity contribution in [3.63, 3.8) is 0 Å². The molecule has 0 amide bonds. The molecule has 0 saturated heterocycles. The Morgan fingerprint density at radius 3 is 2.42 bits per heavy atom. The van der Waals surface area contributed by atoms with Crippen molar-refractivity contribution in [3.05, 3.63) is 34.9 Å². The van der Waals surface area contributed by atoms with Gasteiger partial charge in [0.05, 0.1) is 11.5 Å². The Bertz CT molecular complexity index is 457. The number of hydrogen-bond acceptors (Lipinski definition) is 2. The van der Waals surface area contributed by atoms with Crippen molar-refractivity contribution in [2.75, 3.05) is 13.6 Å². The van der Waals surface area contributed by atoms with Crippen LogP contribution in [0.4, 0.5) is 0 Å². The Labute approximate surface area is 117 Å². The minimum atomic E-state index is -0.366. The molecule has 0 saturated carbocycles. The van der Waals surface area contributed by atoms with Crippen molar-refractivity contribution in [1.82, 2.24) is 5.32 Å². The molecule has 2 heteroatoms. The summed E-state index contributed by atoms with van der Waals surface area (Å²) in [6.07, 6.45) is 1.93. The third-order valence-electron chi connectivity index (χ3n) is 4.21. The van der Waals surface area contributed by atoms with Crippen molar-refractivity contribution in [1.29, 1.82) is 5.26 Å². The molecule has 1 N–H and O–H groups in total. The number of benzene rings is 1. The molecule has 0 spiro atoms. The zero-order chi connectivity index (χ0) is 14.5. The maximum atomic E-state index is 9.79. The molecule has 1 aromatic carbocycles. The second kappa shape index (κ2) is 6.73. The van der Waals surface area contributed by atoms with E-state index in [0.717, 1.165) is 19.4 Å². The molecule has 1 atom stereocenters. The van der Waals surface area contributed by atoms with E-state index >= 15 is 0 Å². The highest BCUT2D eigenvalue weighted by atomic mass is 14.8. The van der Waals surface area contributed by atoms with E-state index < -0.39 is 0 Å². The smallest absolute Gasteiger partial charge is 0.0845 e. The van der Waals surface area contributed by atoms with E-state index in [1.165, 1.54) is 16.7 Å². The number of rotatable bonds is 6. The summed E-state index contributed by atoms with van der Waals surface area (Å²) >= 11 is 0. The average Bonchev–Trinajstić information content (AvgIpc) is 2.38. The number of hydrogen-bond donors (Lipinski definition) is 1. The molecule has 1 unspecified atom stereocenters. The summed E-state index contributed by atoms with van der Waals surface area (Å²) in [5.74, 6) is 0.316. The van der Waals surface area contributed by atoms with Gasteiger partial charge in [-0.05, 0) is 62.9 Å². The molecule has 0 bridgehead atoms. The first-order chi connectivity index (χ1) is 8.97. The topological polar surface area (TPSA) is 35.8 Å². The molecule has 0 radical (unpaired) electrons. The van der Waals surface area contributed by atoms with E-state index in [4.69, 9.17) is 0 Å². The third kappa shape index (κ3) is 3.36. The predicted octanol–water partition coefficient (Wildman–Crippen LogP) is 3.72. The van der Waals surface area contributed by atoms with E-state index in [-0.39, 0.29) is 5.41 Å². The SMILES string of the molecule is CNCCCC(C#N)(c1ccc(C)c(C)c1)C(C)C. The van der Waals surface area contributed by atoms with Crippen LogP contribution < -0.4 is 5.32 Å². The second-order valence-corrected chi connectivity index (χ2v) is 5.74. The standard InChI is InChI=1S/C17H26N2/c1-13(2)17(12-18,9-6-10-19-5)16-8-7-14(3)15(4)11-16/h7-8,11,13,19H,6,9-10H2,1-5H3. The number of nitrogens with zero attached hydrogens (tertiary/aromatic N) is 1. The molecular weight excluding hydrogens is 232 g/mol. The van der Waals surface area contributed by atoms with Gasteiger partial charge in [0, 0.05) is 0 Å². The Kier molecular flexibility index (Phi) is 5.57. The van der Waals surface area contributed by atoms with Gasteiger partial charge in [-0.3, -0.25) is 0 Å². The summed E-state index contributed by atoms with van der Waals surface area (Å²) in [6, 6.07) is 9.07. The lowest BCUT2D eigenvalue weighted by molar-refractivity contribution is 0.358. The molecule has 0 aromatic heterocycles. The van der Waals surface area contributed by atoms with Gasteiger partial charge in [0.1, 0.15) is 0 Å². The molecule has 0 heterocycles. The lowest BCUT2D eigenvalue weighted by Gasteiger charge is -2.32. The highest BCUT2D eigenvalue weighted by Gasteiger charge is 2.35. The van der Waals surface area contributed by atoms with Crippen LogP contribution in [0.5, 0.6) is 0 Å². The predicted molar refractivity (Wildman–Crippen MR) is 81.2 cm³/mol. The normalized spacial score (nSPS) is 14.2. The Morgan fingerprint density at radius 1 is 1.26 bits per heavy atom. The molecule has 19 heavy (non-hydrogen) atoms. The van der Waals surface area contributed by atoms with Crippen LogP contribution in [0, 0.1) is 31.1 Å². The fourth-order valence-electron chi connectivity index (χ4n) is 2.58.